The Morgan fingerprint density at radius 2 is 2.07 bits per heavy atom. The van der Waals surface area contributed by atoms with Gasteiger partial charge in [0.2, 0.25) is 10.0 Å². The lowest BCUT2D eigenvalue weighted by Crippen LogP contribution is -2.25. The Hall–Kier alpha value is -0.780. The fraction of sp³-hybridized carbons (Fsp3) is 0.333. The number of benzene rings is 1. The van der Waals surface area contributed by atoms with Crippen LogP contribution in [0.3, 0.4) is 0 Å². The molecule has 0 saturated heterocycles. The van der Waals surface area contributed by atoms with Gasteiger partial charge in [-0.25, -0.2) is 13.1 Å². The molecule has 0 radical (unpaired) electrons. The van der Waals surface area contributed by atoms with Crippen molar-refractivity contribution in [2.45, 2.75) is 23.8 Å². The Labute approximate surface area is 93.5 Å². The maximum Gasteiger partial charge on any atom is 0.240 e. The number of nitrogens with two attached hydrogens (primary N) is 1. The molecule has 6 heteroatoms. The van der Waals surface area contributed by atoms with Crippen molar-refractivity contribution in [2.24, 2.45) is 0 Å². The molecule has 1 aliphatic rings. The fourth-order valence-corrected chi connectivity index (χ4v) is 2.74. The highest BCUT2D eigenvalue weighted by Gasteiger charge is 2.28. The smallest absolute Gasteiger partial charge is 0.240 e. The summed E-state index contributed by atoms with van der Waals surface area (Å²) in [7, 11) is -3.43. The summed E-state index contributed by atoms with van der Waals surface area (Å²) in [4.78, 5) is 0.161. The minimum absolute atomic E-state index is 0.0892. The standard InChI is InChI=1S/C9H11ClN2O2S/c10-8-5-7(3-4-9(8)11)15(13,14)12-6-1-2-6/h3-6,12H,1-2,11H2. The number of anilines is 1. The molecule has 1 aromatic rings. The van der Waals surface area contributed by atoms with Gasteiger partial charge in [-0.05, 0) is 31.0 Å². The highest BCUT2D eigenvalue weighted by Crippen LogP contribution is 2.25. The third-order valence-corrected chi connectivity index (χ3v) is 4.03. The minimum atomic E-state index is -3.43. The summed E-state index contributed by atoms with van der Waals surface area (Å²) in [6.07, 6.45) is 1.81. The van der Waals surface area contributed by atoms with Gasteiger partial charge in [-0.3, -0.25) is 0 Å². The maximum absolute atomic E-state index is 11.7. The molecule has 0 unspecified atom stereocenters. The monoisotopic (exact) mass is 246 g/mol. The molecule has 2 rings (SSSR count). The van der Waals surface area contributed by atoms with Crippen molar-refractivity contribution in [3.63, 3.8) is 0 Å². The zero-order chi connectivity index (χ0) is 11.1. The van der Waals surface area contributed by atoms with Crippen LogP contribution in [0.4, 0.5) is 5.69 Å². The summed E-state index contributed by atoms with van der Waals surface area (Å²) in [5, 5.41) is 0.258. The van der Waals surface area contributed by atoms with E-state index in [4.69, 9.17) is 17.3 Å². The first-order valence-electron chi connectivity index (χ1n) is 4.56. The topological polar surface area (TPSA) is 72.2 Å². The van der Waals surface area contributed by atoms with E-state index in [1.54, 1.807) is 0 Å². The average Bonchev–Trinajstić information content (AvgIpc) is 2.92. The molecular weight excluding hydrogens is 236 g/mol. The van der Waals surface area contributed by atoms with Crippen molar-refractivity contribution >= 4 is 27.3 Å². The number of rotatable bonds is 3. The maximum atomic E-state index is 11.7. The van der Waals surface area contributed by atoms with Crippen LogP contribution in [0.1, 0.15) is 12.8 Å². The van der Waals surface area contributed by atoms with Crippen LogP contribution >= 0.6 is 11.6 Å². The van der Waals surface area contributed by atoms with Crippen LogP contribution in [0.15, 0.2) is 23.1 Å². The lowest BCUT2D eigenvalue weighted by Gasteiger charge is -2.06. The Kier molecular flexibility index (Phi) is 2.62. The lowest BCUT2D eigenvalue weighted by atomic mass is 10.3. The van der Waals surface area contributed by atoms with Crippen LogP contribution in [0.2, 0.25) is 5.02 Å². The van der Waals surface area contributed by atoms with Gasteiger partial charge in [0.05, 0.1) is 15.6 Å². The first-order valence-corrected chi connectivity index (χ1v) is 6.42. The predicted molar refractivity (Wildman–Crippen MR) is 59.2 cm³/mol. The molecule has 0 bridgehead atoms. The number of halogens is 1. The zero-order valence-electron chi connectivity index (χ0n) is 7.90. The predicted octanol–water partition coefficient (Wildman–Crippen LogP) is 1.36. The number of hydrogen-bond donors (Lipinski definition) is 2. The van der Waals surface area contributed by atoms with Gasteiger partial charge in [0.1, 0.15) is 0 Å². The molecule has 0 aliphatic heterocycles. The van der Waals surface area contributed by atoms with E-state index in [1.165, 1.54) is 18.2 Å². The van der Waals surface area contributed by atoms with Crippen LogP contribution in [-0.4, -0.2) is 14.5 Å². The summed E-state index contributed by atoms with van der Waals surface area (Å²) < 4.78 is 26.0. The zero-order valence-corrected chi connectivity index (χ0v) is 9.48. The van der Waals surface area contributed by atoms with Crippen molar-refractivity contribution in [3.05, 3.63) is 23.2 Å². The van der Waals surface area contributed by atoms with Crippen LogP contribution < -0.4 is 10.5 Å². The van der Waals surface area contributed by atoms with Crippen molar-refractivity contribution in [2.75, 3.05) is 5.73 Å². The van der Waals surface area contributed by atoms with Gasteiger partial charge in [-0.2, -0.15) is 0 Å². The van der Waals surface area contributed by atoms with E-state index in [9.17, 15) is 8.42 Å². The molecule has 82 valence electrons. The molecular formula is C9H11ClN2O2S. The molecule has 0 amide bonds. The van der Waals surface area contributed by atoms with Gasteiger partial charge >= 0.3 is 0 Å². The van der Waals surface area contributed by atoms with E-state index in [0.29, 0.717) is 5.69 Å². The van der Waals surface area contributed by atoms with Gasteiger partial charge in [0, 0.05) is 6.04 Å². The Balaban J connectivity index is 2.31. The summed E-state index contributed by atoms with van der Waals surface area (Å²) in [5.74, 6) is 0. The number of nitrogens with one attached hydrogen (secondary N) is 1. The van der Waals surface area contributed by atoms with Gasteiger partial charge in [0.25, 0.3) is 0 Å². The van der Waals surface area contributed by atoms with Crippen LogP contribution in [0.25, 0.3) is 0 Å². The van der Waals surface area contributed by atoms with Gasteiger partial charge < -0.3 is 5.73 Å². The number of hydrogen-bond acceptors (Lipinski definition) is 3. The van der Waals surface area contributed by atoms with Crippen molar-refractivity contribution in [1.82, 2.24) is 4.72 Å². The Morgan fingerprint density at radius 1 is 1.40 bits per heavy atom. The second-order valence-electron chi connectivity index (χ2n) is 3.58. The summed E-state index contributed by atoms with van der Waals surface area (Å²) in [6.45, 7) is 0. The van der Waals surface area contributed by atoms with Crippen molar-refractivity contribution < 1.29 is 8.42 Å². The molecule has 1 saturated carbocycles. The van der Waals surface area contributed by atoms with Crippen LogP contribution in [0.5, 0.6) is 0 Å². The Morgan fingerprint density at radius 3 is 2.60 bits per heavy atom. The summed E-state index contributed by atoms with van der Waals surface area (Å²) in [6, 6.07) is 4.39. The third-order valence-electron chi connectivity index (χ3n) is 2.18. The van der Waals surface area contributed by atoms with E-state index in [1.807, 2.05) is 0 Å². The molecule has 1 aliphatic carbocycles. The lowest BCUT2D eigenvalue weighted by molar-refractivity contribution is 0.581. The molecule has 0 spiro atoms. The first kappa shape index (κ1) is 10.7. The molecule has 0 atom stereocenters. The van der Waals surface area contributed by atoms with E-state index in [2.05, 4.69) is 4.72 Å². The van der Waals surface area contributed by atoms with E-state index >= 15 is 0 Å². The molecule has 1 fully saturated rings. The summed E-state index contributed by atoms with van der Waals surface area (Å²) >= 11 is 5.75. The molecule has 4 nitrogen and oxygen atoms in total. The largest absolute Gasteiger partial charge is 0.398 e. The van der Waals surface area contributed by atoms with E-state index in [-0.39, 0.29) is 16.0 Å². The molecule has 1 aromatic carbocycles. The van der Waals surface area contributed by atoms with Crippen molar-refractivity contribution in [1.29, 1.82) is 0 Å². The van der Waals surface area contributed by atoms with Gasteiger partial charge in [-0.1, -0.05) is 11.6 Å². The second kappa shape index (κ2) is 3.66. The minimum Gasteiger partial charge on any atom is -0.398 e. The third kappa shape index (κ3) is 2.42. The molecule has 3 N–H and O–H groups in total. The summed E-state index contributed by atoms with van der Waals surface area (Å²) in [5.41, 5.74) is 5.88. The molecule has 0 aromatic heterocycles. The van der Waals surface area contributed by atoms with Crippen LogP contribution in [0, 0.1) is 0 Å². The normalized spacial score (nSPS) is 16.6. The van der Waals surface area contributed by atoms with E-state index in [0.717, 1.165) is 12.8 Å². The van der Waals surface area contributed by atoms with Crippen molar-refractivity contribution in [3.8, 4) is 0 Å². The first-order chi connectivity index (χ1) is 6.99. The van der Waals surface area contributed by atoms with E-state index < -0.39 is 10.0 Å². The highest BCUT2D eigenvalue weighted by atomic mass is 35.5. The SMILES string of the molecule is Nc1ccc(S(=O)(=O)NC2CC2)cc1Cl. The fourth-order valence-electron chi connectivity index (χ4n) is 1.16. The second-order valence-corrected chi connectivity index (χ2v) is 5.70. The van der Waals surface area contributed by atoms with Gasteiger partial charge in [0.15, 0.2) is 0 Å². The number of sulfonamides is 1. The number of nitrogen functional groups attached to an aromatic ring is 1. The van der Waals surface area contributed by atoms with Crippen LogP contribution in [-0.2, 0) is 10.0 Å². The Bertz CT molecular complexity index is 483. The molecule has 0 heterocycles. The highest BCUT2D eigenvalue weighted by molar-refractivity contribution is 7.89. The van der Waals surface area contributed by atoms with Gasteiger partial charge in [-0.15, -0.1) is 0 Å². The quantitative estimate of drug-likeness (QED) is 0.791. The molecule has 15 heavy (non-hydrogen) atoms. The average molecular weight is 247 g/mol.